The summed E-state index contributed by atoms with van der Waals surface area (Å²) >= 11 is 5.89. The molecule has 1 N–H and O–H groups in total. The molecule has 0 spiro atoms. The van der Waals surface area contributed by atoms with Crippen molar-refractivity contribution in [1.29, 1.82) is 0 Å². The summed E-state index contributed by atoms with van der Waals surface area (Å²) in [7, 11) is 0. The van der Waals surface area contributed by atoms with Crippen LogP contribution in [0.15, 0.2) is 41.0 Å². The maximum Gasteiger partial charge on any atom is 0.329 e. The Bertz CT molecular complexity index is 695. The minimum Gasteiger partial charge on any atom is -0.459 e. The molecule has 0 saturated carbocycles. The van der Waals surface area contributed by atoms with Crippen molar-refractivity contribution in [3.05, 3.63) is 58.8 Å². The number of rotatable bonds is 6. The standard InChI is InChI=1S/C17H17ClFNO4/c1-10(2)15(20-16(21)14-7-4-8-23-14)17(22)24-9-11-12(18)5-3-6-13(11)19/h3-8,10,15H,9H2,1-2H3,(H,20,21)/t15-/m1/s1. The van der Waals surface area contributed by atoms with E-state index in [9.17, 15) is 14.0 Å². The first kappa shape index (κ1) is 18.0. The minimum absolute atomic E-state index is 0.0885. The zero-order valence-electron chi connectivity index (χ0n) is 13.2. The number of furan rings is 1. The fraction of sp³-hybridized carbons (Fsp3) is 0.294. The van der Waals surface area contributed by atoms with Gasteiger partial charge in [-0.1, -0.05) is 31.5 Å². The predicted molar refractivity (Wildman–Crippen MR) is 86.0 cm³/mol. The number of amides is 1. The number of esters is 1. The quantitative estimate of drug-likeness (QED) is 0.806. The SMILES string of the molecule is CC(C)[C@@H](NC(=O)c1ccco1)C(=O)OCc1c(F)cccc1Cl. The molecule has 1 amide bonds. The van der Waals surface area contributed by atoms with Crippen LogP contribution in [-0.2, 0) is 16.1 Å². The highest BCUT2D eigenvalue weighted by Gasteiger charge is 2.27. The summed E-state index contributed by atoms with van der Waals surface area (Å²) in [6.07, 6.45) is 1.36. The van der Waals surface area contributed by atoms with Gasteiger partial charge in [0, 0.05) is 5.56 Å². The molecule has 1 atom stereocenters. The molecule has 2 aromatic rings. The molecule has 0 fully saturated rings. The van der Waals surface area contributed by atoms with Gasteiger partial charge in [-0.3, -0.25) is 4.79 Å². The Labute approximate surface area is 143 Å². The third-order valence-corrected chi connectivity index (χ3v) is 3.73. The lowest BCUT2D eigenvalue weighted by atomic mass is 10.0. The van der Waals surface area contributed by atoms with Crippen molar-refractivity contribution in [2.75, 3.05) is 0 Å². The highest BCUT2D eigenvalue weighted by molar-refractivity contribution is 6.31. The fourth-order valence-electron chi connectivity index (χ4n) is 2.02. The molecule has 0 aliphatic heterocycles. The highest BCUT2D eigenvalue weighted by atomic mass is 35.5. The van der Waals surface area contributed by atoms with Gasteiger partial charge >= 0.3 is 5.97 Å². The van der Waals surface area contributed by atoms with Crippen LogP contribution in [0.3, 0.4) is 0 Å². The van der Waals surface area contributed by atoms with Gasteiger partial charge in [-0.15, -0.1) is 0 Å². The van der Waals surface area contributed by atoms with E-state index in [2.05, 4.69) is 5.32 Å². The maximum absolute atomic E-state index is 13.7. The molecule has 0 bridgehead atoms. The van der Waals surface area contributed by atoms with E-state index in [4.69, 9.17) is 20.8 Å². The molecule has 1 aromatic heterocycles. The van der Waals surface area contributed by atoms with Gasteiger partial charge in [0.15, 0.2) is 5.76 Å². The van der Waals surface area contributed by atoms with Crippen molar-refractivity contribution in [2.24, 2.45) is 5.92 Å². The zero-order valence-corrected chi connectivity index (χ0v) is 14.0. The van der Waals surface area contributed by atoms with Crippen LogP contribution in [0.2, 0.25) is 5.02 Å². The van der Waals surface area contributed by atoms with E-state index in [1.54, 1.807) is 19.9 Å². The maximum atomic E-state index is 13.7. The molecule has 5 nitrogen and oxygen atoms in total. The number of ether oxygens (including phenoxy) is 1. The molecular weight excluding hydrogens is 337 g/mol. The summed E-state index contributed by atoms with van der Waals surface area (Å²) in [5.41, 5.74) is 0.0902. The molecule has 0 aliphatic rings. The summed E-state index contributed by atoms with van der Waals surface area (Å²) in [4.78, 5) is 24.3. The van der Waals surface area contributed by atoms with E-state index in [1.807, 2.05) is 0 Å². The first-order valence-electron chi connectivity index (χ1n) is 7.34. The van der Waals surface area contributed by atoms with Gasteiger partial charge < -0.3 is 14.5 Å². The Balaban J connectivity index is 2.03. The van der Waals surface area contributed by atoms with Crippen molar-refractivity contribution in [1.82, 2.24) is 5.32 Å². The Morgan fingerprint density at radius 3 is 2.62 bits per heavy atom. The molecule has 0 saturated heterocycles. The van der Waals surface area contributed by atoms with Gasteiger partial charge in [0.25, 0.3) is 5.91 Å². The number of halogens is 2. The molecular formula is C17H17ClFNO4. The van der Waals surface area contributed by atoms with E-state index in [0.717, 1.165) is 0 Å². The van der Waals surface area contributed by atoms with Crippen LogP contribution < -0.4 is 5.32 Å². The summed E-state index contributed by atoms with van der Waals surface area (Å²) < 4.78 is 23.8. The molecule has 24 heavy (non-hydrogen) atoms. The summed E-state index contributed by atoms with van der Waals surface area (Å²) in [6.45, 7) is 3.19. The van der Waals surface area contributed by atoms with Crippen LogP contribution >= 0.6 is 11.6 Å². The van der Waals surface area contributed by atoms with Crippen LogP contribution in [0.1, 0.15) is 30.0 Å². The lowest BCUT2D eigenvalue weighted by Gasteiger charge is -2.20. The third-order valence-electron chi connectivity index (χ3n) is 3.37. The number of carbonyl (C=O) groups is 2. The van der Waals surface area contributed by atoms with Gasteiger partial charge in [0.2, 0.25) is 0 Å². The molecule has 1 heterocycles. The van der Waals surface area contributed by atoms with Crippen LogP contribution in [-0.4, -0.2) is 17.9 Å². The van der Waals surface area contributed by atoms with Crippen LogP contribution in [0, 0.1) is 11.7 Å². The fourth-order valence-corrected chi connectivity index (χ4v) is 2.24. The lowest BCUT2D eigenvalue weighted by molar-refractivity contribution is -0.148. The number of carbonyl (C=O) groups excluding carboxylic acids is 2. The van der Waals surface area contributed by atoms with Crippen molar-refractivity contribution in [3.63, 3.8) is 0 Å². The first-order chi connectivity index (χ1) is 11.4. The molecule has 0 unspecified atom stereocenters. The minimum atomic E-state index is -0.895. The molecule has 128 valence electrons. The monoisotopic (exact) mass is 353 g/mol. The van der Waals surface area contributed by atoms with Crippen molar-refractivity contribution in [3.8, 4) is 0 Å². The zero-order chi connectivity index (χ0) is 17.7. The van der Waals surface area contributed by atoms with Gasteiger partial charge in [-0.25, -0.2) is 9.18 Å². The van der Waals surface area contributed by atoms with Crippen LogP contribution in [0.25, 0.3) is 0 Å². The number of benzene rings is 1. The van der Waals surface area contributed by atoms with E-state index < -0.39 is 23.7 Å². The largest absolute Gasteiger partial charge is 0.459 e. The topological polar surface area (TPSA) is 68.5 Å². The van der Waals surface area contributed by atoms with Crippen LogP contribution in [0.5, 0.6) is 0 Å². The highest BCUT2D eigenvalue weighted by Crippen LogP contribution is 2.20. The normalized spacial score (nSPS) is 12.0. The third kappa shape index (κ3) is 4.35. The molecule has 1 aromatic carbocycles. The Kier molecular flexibility index (Phi) is 5.98. The summed E-state index contributed by atoms with van der Waals surface area (Å²) in [5.74, 6) is -1.90. The molecule has 2 rings (SSSR count). The number of nitrogens with one attached hydrogen (secondary N) is 1. The Hall–Kier alpha value is -2.34. The molecule has 7 heteroatoms. The van der Waals surface area contributed by atoms with E-state index in [0.29, 0.717) is 0 Å². The van der Waals surface area contributed by atoms with E-state index >= 15 is 0 Å². The average Bonchev–Trinajstić information content (AvgIpc) is 3.05. The van der Waals surface area contributed by atoms with E-state index in [1.165, 1.54) is 30.5 Å². The van der Waals surface area contributed by atoms with Crippen molar-refractivity contribution >= 4 is 23.5 Å². The first-order valence-corrected chi connectivity index (χ1v) is 7.72. The summed E-state index contributed by atoms with van der Waals surface area (Å²) in [6, 6.07) is 6.35. The van der Waals surface area contributed by atoms with Crippen molar-refractivity contribution < 1.29 is 23.1 Å². The second-order valence-corrected chi connectivity index (χ2v) is 5.89. The van der Waals surface area contributed by atoms with Gasteiger partial charge in [0.05, 0.1) is 11.3 Å². The molecule has 0 radical (unpaired) electrons. The van der Waals surface area contributed by atoms with Gasteiger partial charge in [0.1, 0.15) is 18.5 Å². The second kappa shape index (κ2) is 7.97. The van der Waals surface area contributed by atoms with E-state index in [-0.39, 0.29) is 28.9 Å². The van der Waals surface area contributed by atoms with Crippen LogP contribution in [0.4, 0.5) is 4.39 Å². The summed E-state index contributed by atoms with van der Waals surface area (Å²) in [5, 5.41) is 2.72. The molecule has 0 aliphatic carbocycles. The van der Waals surface area contributed by atoms with Crippen molar-refractivity contribution in [2.45, 2.75) is 26.5 Å². The lowest BCUT2D eigenvalue weighted by Crippen LogP contribution is -2.45. The van der Waals surface area contributed by atoms with Gasteiger partial charge in [-0.2, -0.15) is 0 Å². The predicted octanol–water partition coefficient (Wildman–Crippen LogP) is 3.57. The number of hydrogen-bond acceptors (Lipinski definition) is 4. The average molecular weight is 354 g/mol. The number of hydrogen-bond donors (Lipinski definition) is 1. The Morgan fingerprint density at radius 2 is 2.04 bits per heavy atom. The van der Waals surface area contributed by atoms with Gasteiger partial charge in [-0.05, 0) is 30.2 Å². The smallest absolute Gasteiger partial charge is 0.329 e. The Morgan fingerprint density at radius 1 is 1.29 bits per heavy atom. The second-order valence-electron chi connectivity index (χ2n) is 5.48.